The zero-order valence-electron chi connectivity index (χ0n) is 13.4. The summed E-state index contributed by atoms with van der Waals surface area (Å²) in [5.74, 6) is 0. The first-order chi connectivity index (χ1) is 10.7. The fourth-order valence-corrected chi connectivity index (χ4v) is 3.43. The molecule has 0 unspecified atom stereocenters. The van der Waals surface area contributed by atoms with E-state index < -0.39 is 24.9 Å². The first-order valence-corrected chi connectivity index (χ1v) is 8.12. The number of ether oxygens (including phenoxy) is 1. The number of nitrogens with one attached hydrogen (secondary N) is 1. The van der Waals surface area contributed by atoms with Crippen LogP contribution in [0.4, 0.5) is 18.0 Å². The Kier molecular flexibility index (Phi) is 5.78. The van der Waals surface area contributed by atoms with Crippen molar-refractivity contribution in [3.8, 4) is 0 Å². The third kappa shape index (κ3) is 4.97. The molecule has 23 heavy (non-hydrogen) atoms. The topological polar surface area (TPSA) is 61.8 Å². The summed E-state index contributed by atoms with van der Waals surface area (Å²) >= 11 is 0. The summed E-state index contributed by atoms with van der Waals surface area (Å²) in [7, 11) is 1.25. The van der Waals surface area contributed by atoms with Gasteiger partial charge in [0, 0.05) is 19.7 Å². The maximum absolute atomic E-state index is 12.3. The third-order valence-corrected chi connectivity index (χ3v) is 4.76. The molecule has 1 saturated heterocycles. The lowest BCUT2D eigenvalue weighted by atomic mass is 9.78. The summed E-state index contributed by atoms with van der Waals surface area (Å²) in [6, 6.07) is -0.689. The number of hydrogen-bond donors (Lipinski definition) is 2. The SMILES string of the molecule is CN(C[C@H](O)C(F)(F)F)C(=O)N[C@@H]1CCOC2(CCCCC2)C1. The predicted octanol–water partition coefficient (Wildman–Crippen LogP) is 2.43. The van der Waals surface area contributed by atoms with Crippen molar-refractivity contribution in [2.75, 3.05) is 20.2 Å². The molecule has 134 valence electrons. The van der Waals surface area contributed by atoms with Gasteiger partial charge in [-0.15, -0.1) is 0 Å². The average molecular weight is 338 g/mol. The minimum Gasteiger partial charge on any atom is -0.382 e. The summed E-state index contributed by atoms with van der Waals surface area (Å²) in [5, 5.41) is 11.8. The number of carbonyl (C=O) groups is 1. The van der Waals surface area contributed by atoms with Crippen molar-refractivity contribution in [3.63, 3.8) is 0 Å². The molecule has 1 aliphatic heterocycles. The molecule has 0 bridgehead atoms. The number of rotatable bonds is 3. The molecule has 1 aliphatic carbocycles. The van der Waals surface area contributed by atoms with Crippen molar-refractivity contribution >= 4 is 6.03 Å². The van der Waals surface area contributed by atoms with E-state index in [-0.39, 0.29) is 11.6 Å². The minimum atomic E-state index is -4.72. The second-order valence-electron chi connectivity index (χ2n) is 6.67. The van der Waals surface area contributed by atoms with E-state index in [1.54, 1.807) is 0 Å². The molecular weight excluding hydrogens is 313 g/mol. The van der Waals surface area contributed by atoms with Gasteiger partial charge in [0.2, 0.25) is 0 Å². The number of carbonyl (C=O) groups excluding carboxylic acids is 1. The van der Waals surface area contributed by atoms with Gasteiger partial charge in [-0.2, -0.15) is 13.2 Å². The Balaban J connectivity index is 1.84. The summed E-state index contributed by atoms with van der Waals surface area (Å²) < 4.78 is 43.0. The van der Waals surface area contributed by atoms with Gasteiger partial charge in [0.05, 0.1) is 12.1 Å². The molecule has 2 rings (SSSR count). The van der Waals surface area contributed by atoms with Gasteiger partial charge >= 0.3 is 12.2 Å². The lowest BCUT2D eigenvalue weighted by molar-refractivity contribution is -0.205. The number of urea groups is 1. The van der Waals surface area contributed by atoms with Crippen LogP contribution in [-0.4, -0.2) is 60.2 Å². The van der Waals surface area contributed by atoms with Crippen molar-refractivity contribution in [3.05, 3.63) is 0 Å². The number of alkyl halides is 3. The number of aliphatic hydroxyl groups is 1. The molecule has 0 radical (unpaired) electrons. The molecule has 2 N–H and O–H groups in total. The predicted molar refractivity (Wildman–Crippen MR) is 78.0 cm³/mol. The van der Waals surface area contributed by atoms with Crippen molar-refractivity contribution in [2.45, 2.75) is 68.9 Å². The lowest BCUT2D eigenvalue weighted by Gasteiger charge is -2.43. The Bertz CT molecular complexity index is 406. The molecule has 1 saturated carbocycles. The highest BCUT2D eigenvalue weighted by molar-refractivity contribution is 5.74. The fourth-order valence-electron chi connectivity index (χ4n) is 3.43. The van der Waals surface area contributed by atoms with E-state index in [2.05, 4.69) is 5.32 Å². The number of halogens is 3. The van der Waals surface area contributed by atoms with Gasteiger partial charge in [-0.3, -0.25) is 0 Å². The molecular formula is C15H25F3N2O3. The standard InChI is InChI=1S/C15H25F3N2O3/c1-20(10-12(21)15(16,17)18)13(22)19-11-5-8-23-14(9-11)6-3-2-4-7-14/h11-12,21H,2-10H2,1H3,(H,19,22)/t11-,12+/m1/s1. The Hall–Kier alpha value is -1.02. The summed E-state index contributed by atoms with van der Waals surface area (Å²) in [4.78, 5) is 12.9. The van der Waals surface area contributed by atoms with Crippen molar-refractivity contribution in [1.82, 2.24) is 10.2 Å². The van der Waals surface area contributed by atoms with Crippen LogP contribution in [0.5, 0.6) is 0 Å². The molecule has 1 spiro atoms. The summed E-state index contributed by atoms with van der Waals surface area (Å²) in [5.41, 5.74) is -0.182. The second-order valence-corrected chi connectivity index (χ2v) is 6.67. The van der Waals surface area contributed by atoms with Crippen LogP contribution in [0.25, 0.3) is 0 Å². The van der Waals surface area contributed by atoms with Gasteiger partial charge in [-0.1, -0.05) is 19.3 Å². The van der Waals surface area contributed by atoms with Crippen LogP contribution in [0.2, 0.25) is 0 Å². The smallest absolute Gasteiger partial charge is 0.382 e. The molecule has 2 amide bonds. The van der Waals surface area contributed by atoms with Crippen LogP contribution >= 0.6 is 0 Å². The summed E-state index contributed by atoms with van der Waals surface area (Å²) in [6.07, 6.45) is -0.532. The molecule has 5 nitrogen and oxygen atoms in total. The highest BCUT2D eigenvalue weighted by Crippen LogP contribution is 2.38. The van der Waals surface area contributed by atoms with Crippen LogP contribution in [0, 0.1) is 0 Å². The largest absolute Gasteiger partial charge is 0.416 e. The van der Waals surface area contributed by atoms with Crippen LogP contribution in [0.1, 0.15) is 44.9 Å². The number of hydrogen-bond acceptors (Lipinski definition) is 3. The van der Waals surface area contributed by atoms with E-state index in [0.717, 1.165) is 30.6 Å². The van der Waals surface area contributed by atoms with Gasteiger partial charge in [0.1, 0.15) is 0 Å². The molecule has 2 aliphatic rings. The van der Waals surface area contributed by atoms with E-state index >= 15 is 0 Å². The zero-order valence-corrected chi connectivity index (χ0v) is 13.4. The van der Waals surface area contributed by atoms with Crippen LogP contribution < -0.4 is 5.32 Å². The zero-order chi connectivity index (χ0) is 17.1. The molecule has 2 fully saturated rings. The molecule has 1 heterocycles. The van der Waals surface area contributed by atoms with Crippen LogP contribution in [-0.2, 0) is 4.74 Å². The number of likely N-dealkylation sites (N-methyl/N-ethyl adjacent to an activating group) is 1. The average Bonchev–Trinajstić information content (AvgIpc) is 2.47. The fraction of sp³-hybridized carbons (Fsp3) is 0.933. The van der Waals surface area contributed by atoms with Gasteiger partial charge in [0.15, 0.2) is 6.10 Å². The van der Waals surface area contributed by atoms with Gasteiger partial charge < -0.3 is 20.1 Å². The maximum atomic E-state index is 12.3. The first kappa shape index (κ1) is 18.3. The Morgan fingerprint density at radius 2 is 2.04 bits per heavy atom. The normalized spacial score (nSPS) is 25.9. The Labute approximate surface area is 134 Å². The summed E-state index contributed by atoms with van der Waals surface area (Å²) in [6.45, 7) is -0.219. The second kappa shape index (κ2) is 7.25. The van der Waals surface area contributed by atoms with Gasteiger partial charge in [-0.25, -0.2) is 4.79 Å². The van der Waals surface area contributed by atoms with Crippen molar-refractivity contribution in [2.24, 2.45) is 0 Å². The Morgan fingerprint density at radius 3 is 2.65 bits per heavy atom. The molecule has 0 aromatic carbocycles. The van der Waals surface area contributed by atoms with E-state index in [9.17, 15) is 18.0 Å². The highest BCUT2D eigenvalue weighted by atomic mass is 19.4. The van der Waals surface area contributed by atoms with E-state index in [0.29, 0.717) is 19.4 Å². The van der Waals surface area contributed by atoms with E-state index in [1.807, 2.05) is 0 Å². The number of amides is 2. The van der Waals surface area contributed by atoms with Crippen molar-refractivity contribution in [1.29, 1.82) is 0 Å². The number of nitrogens with zero attached hydrogens (tertiary/aromatic N) is 1. The molecule has 0 aromatic rings. The number of aliphatic hydroxyl groups excluding tert-OH is 1. The van der Waals surface area contributed by atoms with E-state index in [1.165, 1.54) is 13.5 Å². The molecule has 8 heteroatoms. The van der Waals surface area contributed by atoms with Gasteiger partial charge in [-0.05, 0) is 25.7 Å². The quantitative estimate of drug-likeness (QED) is 0.831. The first-order valence-electron chi connectivity index (χ1n) is 8.12. The monoisotopic (exact) mass is 338 g/mol. The van der Waals surface area contributed by atoms with Crippen LogP contribution in [0.3, 0.4) is 0 Å². The minimum absolute atomic E-state index is 0.0974. The van der Waals surface area contributed by atoms with Crippen molar-refractivity contribution < 1.29 is 27.8 Å². The highest BCUT2D eigenvalue weighted by Gasteiger charge is 2.41. The molecule has 0 aromatic heterocycles. The van der Waals surface area contributed by atoms with Gasteiger partial charge in [0.25, 0.3) is 0 Å². The molecule has 2 atom stereocenters. The third-order valence-electron chi connectivity index (χ3n) is 4.76. The van der Waals surface area contributed by atoms with Crippen LogP contribution in [0.15, 0.2) is 0 Å². The maximum Gasteiger partial charge on any atom is 0.416 e. The Morgan fingerprint density at radius 1 is 1.39 bits per heavy atom. The lowest BCUT2D eigenvalue weighted by Crippen LogP contribution is -2.53. The van der Waals surface area contributed by atoms with E-state index in [4.69, 9.17) is 9.84 Å².